The predicted octanol–water partition coefficient (Wildman–Crippen LogP) is 4.37. The van der Waals surface area contributed by atoms with E-state index in [1.54, 1.807) is 6.92 Å². The summed E-state index contributed by atoms with van der Waals surface area (Å²) in [6, 6.07) is 14.0. The Hall–Kier alpha value is -2.54. The fraction of sp³-hybridized carbons (Fsp3) is 0.350. The van der Waals surface area contributed by atoms with Gasteiger partial charge in [-0.25, -0.2) is 0 Å². The first-order valence-electron chi connectivity index (χ1n) is 8.65. The molecular weight excluding hydrogens is 359 g/mol. The van der Waals surface area contributed by atoms with Crippen LogP contribution >= 0.6 is 0 Å². The minimum Gasteiger partial charge on any atom is -0.486 e. The van der Waals surface area contributed by atoms with E-state index in [1.165, 1.54) is 12.1 Å². The Kier molecular flexibility index (Phi) is 7.67. The Morgan fingerprint density at radius 2 is 1.85 bits per heavy atom. The molecule has 0 saturated heterocycles. The van der Waals surface area contributed by atoms with Crippen LogP contribution in [0.4, 0.5) is 13.2 Å². The van der Waals surface area contributed by atoms with Crippen molar-refractivity contribution in [1.82, 2.24) is 5.32 Å². The number of hydrogen-bond donors (Lipinski definition) is 1. The average Bonchev–Trinajstić information content (AvgIpc) is 2.65. The van der Waals surface area contributed by atoms with Crippen molar-refractivity contribution in [3.63, 3.8) is 0 Å². The third-order valence-electron chi connectivity index (χ3n) is 3.77. The normalized spacial score (nSPS) is 12.4. The quantitative estimate of drug-likeness (QED) is 0.518. The van der Waals surface area contributed by atoms with E-state index >= 15 is 0 Å². The Morgan fingerprint density at radius 3 is 2.52 bits per heavy atom. The summed E-state index contributed by atoms with van der Waals surface area (Å²) in [5.74, 6) is -0.211. The second-order valence-corrected chi connectivity index (χ2v) is 5.81. The lowest BCUT2D eigenvalue weighted by atomic mass is 10.1. The van der Waals surface area contributed by atoms with E-state index in [-0.39, 0.29) is 18.3 Å². The van der Waals surface area contributed by atoms with Crippen LogP contribution in [-0.4, -0.2) is 25.7 Å². The lowest BCUT2D eigenvalue weighted by molar-refractivity contribution is -0.142. The third-order valence-corrected chi connectivity index (χ3v) is 3.77. The lowest BCUT2D eigenvalue weighted by Gasteiger charge is -2.20. The summed E-state index contributed by atoms with van der Waals surface area (Å²) < 4.78 is 49.4. The molecule has 0 bridgehead atoms. The summed E-state index contributed by atoms with van der Waals surface area (Å²) in [7, 11) is 0. The molecule has 0 saturated carbocycles. The Labute approximate surface area is 156 Å². The number of esters is 1. The monoisotopic (exact) mass is 381 g/mol. The van der Waals surface area contributed by atoms with Crippen molar-refractivity contribution in [2.24, 2.45) is 0 Å². The van der Waals surface area contributed by atoms with Crippen LogP contribution in [-0.2, 0) is 15.7 Å². The van der Waals surface area contributed by atoms with Gasteiger partial charge in [-0.2, -0.15) is 13.2 Å². The first-order chi connectivity index (χ1) is 12.9. The van der Waals surface area contributed by atoms with Crippen molar-refractivity contribution in [3.05, 3.63) is 65.7 Å². The molecule has 0 aliphatic rings. The molecule has 27 heavy (non-hydrogen) atoms. The molecule has 0 radical (unpaired) electrons. The molecule has 4 nitrogen and oxygen atoms in total. The number of nitrogens with one attached hydrogen (secondary N) is 1. The van der Waals surface area contributed by atoms with Gasteiger partial charge in [-0.05, 0) is 37.2 Å². The van der Waals surface area contributed by atoms with Gasteiger partial charge in [0.25, 0.3) is 0 Å². The van der Waals surface area contributed by atoms with E-state index in [2.05, 4.69) is 5.32 Å². The van der Waals surface area contributed by atoms with Crippen LogP contribution in [0.15, 0.2) is 54.6 Å². The van der Waals surface area contributed by atoms with Crippen molar-refractivity contribution in [2.75, 3.05) is 19.7 Å². The van der Waals surface area contributed by atoms with E-state index in [4.69, 9.17) is 9.47 Å². The maximum Gasteiger partial charge on any atom is 0.416 e. The molecule has 0 aliphatic heterocycles. The van der Waals surface area contributed by atoms with Crippen molar-refractivity contribution in [1.29, 1.82) is 0 Å². The third kappa shape index (κ3) is 6.94. The summed E-state index contributed by atoms with van der Waals surface area (Å²) >= 11 is 0. The summed E-state index contributed by atoms with van der Waals surface area (Å²) in [5, 5.41) is 2.96. The Morgan fingerprint density at radius 1 is 1.11 bits per heavy atom. The molecule has 0 aliphatic carbocycles. The van der Waals surface area contributed by atoms with Crippen molar-refractivity contribution >= 4 is 5.97 Å². The van der Waals surface area contributed by atoms with Crippen LogP contribution in [0.25, 0.3) is 0 Å². The van der Waals surface area contributed by atoms with E-state index in [9.17, 15) is 18.0 Å². The maximum absolute atomic E-state index is 12.9. The van der Waals surface area contributed by atoms with Crippen LogP contribution in [0.3, 0.4) is 0 Å². The van der Waals surface area contributed by atoms with Crippen molar-refractivity contribution in [2.45, 2.75) is 25.6 Å². The number of halogens is 3. The molecule has 1 atom stereocenters. The SMILES string of the molecule is CCOC(=O)CNCCC(Oc1cccc(C(F)(F)F)c1)c1ccccc1. The van der Waals surface area contributed by atoms with Crippen LogP contribution < -0.4 is 10.1 Å². The molecule has 146 valence electrons. The highest BCUT2D eigenvalue weighted by Gasteiger charge is 2.30. The fourth-order valence-electron chi connectivity index (χ4n) is 2.51. The van der Waals surface area contributed by atoms with E-state index in [0.29, 0.717) is 19.6 Å². The van der Waals surface area contributed by atoms with Gasteiger partial charge in [0.05, 0.1) is 18.7 Å². The van der Waals surface area contributed by atoms with E-state index in [1.807, 2.05) is 30.3 Å². The number of alkyl halides is 3. The van der Waals surface area contributed by atoms with Crippen LogP contribution in [0.1, 0.15) is 30.6 Å². The number of ether oxygens (including phenoxy) is 2. The number of benzene rings is 2. The number of hydrogen-bond acceptors (Lipinski definition) is 4. The van der Waals surface area contributed by atoms with E-state index in [0.717, 1.165) is 17.7 Å². The summed E-state index contributed by atoms with van der Waals surface area (Å²) in [4.78, 5) is 11.4. The van der Waals surface area contributed by atoms with Crippen LogP contribution in [0, 0.1) is 0 Å². The van der Waals surface area contributed by atoms with Crippen molar-refractivity contribution in [3.8, 4) is 5.75 Å². The van der Waals surface area contributed by atoms with E-state index < -0.39 is 17.8 Å². The van der Waals surface area contributed by atoms with Gasteiger partial charge in [0.1, 0.15) is 11.9 Å². The molecule has 7 heteroatoms. The van der Waals surface area contributed by atoms with Gasteiger partial charge in [-0.3, -0.25) is 4.79 Å². The molecule has 1 N–H and O–H groups in total. The van der Waals surface area contributed by atoms with Gasteiger partial charge in [0, 0.05) is 6.42 Å². The molecule has 2 rings (SSSR count). The van der Waals surface area contributed by atoms with Crippen LogP contribution in [0.5, 0.6) is 5.75 Å². The zero-order chi connectivity index (χ0) is 19.7. The Balaban J connectivity index is 2.04. The highest BCUT2D eigenvalue weighted by Crippen LogP contribution is 2.33. The van der Waals surface area contributed by atoms with Crippen LogP contribution in [0.2, 0.25) is 0 Å². The van der Waals surface area contributed by atoms with Gasteiger partial charge < -0.3 is 14.8 Å². The second kappa shape index (κ2) is 9.97. The molecule has 2 aromatic carbocycles. The largest absolute Gasteiger partial charge is 0.486 e. The zero-order valence-corrected chi connectivity index (χ0v) is 15.0. The standard InChI is InChI=1S/C20H22F3NO3/c1-2-26-19(25)14-24-12-11-18(15-7-4-3-5-8-15)27-17-10-6-9-16(13-17)20(21,22)23/h3-10,13,18,24H,2,11-12,14H2,1H3. The maximum atomic E-state index is 12.9. The molecule has 0 amide bonds. The van der Waals surface area contributed by atoms with Gasteiger partial charge in [0.15, 0.2) is 0 Å². The minimum atomic E-state index is -4.43. The topological polar surface area (TPSA) is 47.6 Å². The lowest BCUT2D eigenvalue weighted by Crippen LogP contribution is -2.27. The molecule has 0 aromatic heterocycles. The Bertz CT molecular complexity index is 720. The summed E-state index contributed by atoms with van der Waals surface area (Å²) in [6.07, 6.45) is -4.41. The number of carbonyl (C=O) groups is 1. The zero-order valence-electron chi connectivity index (χ0n) is 15.0. The molecule has 2 aromatic rings. The summed E-state index contributed by atoms with van der Waals surface area (Å²) in [5.41, 5.74) is 0.0834. The second-order valence-electron chi connectivity index (χ2n) is 5.81. The molecule has 1 unspecified atom stereocenters. The molecule has 0 fully saturated rings. The molecular formula is C20H22F3NO3. The predicted molar refractivity (Wildman–Crippen MR) is 95.4 cm³/mol. The highest BCUT2D eigenvalue weighted by molar-refractivity contribution is 5.71. The minimum absolute atomic E-state index is 0.0684. The van der Waals surface area contributed by atoms with Gasteiger partial charge in [-0.15, -0.1) is 0 Å². The molecule has 0 spiro atoms. The van der Waals surface area contributed by atoms with Crippen molar-refractivity contribution < 1.29 is 27.4 Å². The van der Waals surface area contributed by atoms with Gasteiger partial charge in [-0.1, -0.05) is 36.4 Å². The fourth-order valence-corrected chi connectivity index (χ4v) is 2.51. The first kappa shape index (κ1) is 20.8. The average molecular weight is 381 g/mol. The van der Waals surface area contributed by atoms with Gasteiger partial charge in [0.2, 0.25) is 0 Å². The summed E-state index contributed by atoms with van der Waals surface area (Å²) in [6.45, 7) is 2.55. The smallest absolute Gasteiger partial charge is 0.416 e. The number of carbonyl (C=O) groups excluding carboxylic acids is 1. The number of rotatable bonds is 9. The van der Waals surface area contributed by atoms with Gasteiger partial charge >= 0.3 is 12.1 Å². The first-order valence-corrected chi connectivity index (χ1v) is 8.65. The highest BCUT2D eigenvalue weighted by atomic mass is 19.4. The molecule has 0 heterocycles.